The van der Waals surface area contributed by atoms with E-state index >= 15 is 0 Å². The topological polar surface area (TPSA) is 37.3 Å². The molecule has 1 amide bonds. The first-order valence-corrected chi connectivity index (χ1v) is 9.77. The molecule has 3 aromatic rings. The van der Waals surface area contributed by atoms with Crippen molar-refractivity contribution in [2.75, 3.05) is 13.1 Å². The Kier molecular flexibility index (Phi) is 5.26. The van der Waals surface area contributed by atoms with Gasteiger partial charge in [0.2, 0.25) is 5.91 Å². The Morgan fingerprint density at radius 1 is 1.04 bits per heavy atom. The Balaban J connectivity index is 1.29. The third kappa shape index (κ3) is 4.22. The number of nitrogens with one attached hydrogen (secondary N) is 1. The van der Waals surface area contributed by atoms with Gasteiger partial charge in [-0.2, -0.15) is 0 Å². The maximum atomic E-state index is 12.6. The molecule has 4 heteroatoms. The normalized spacial score (nSPS) is 15.9. The smallest absolute Gasteiger partial charge is 0.224 e. The fraction of sp³-hybridized carbons (Fsp3) is 0.348. The van der Waals surface area contributed by atoms with Crippen LogP contribution in [0.25, 0.3) is 10.9 Å². The van der Waals surface area contributed by atoms with Crippen molar-refractivity contribution < 1.29 is 4.79 Å². The second kappa shape index (κ2) is 7.97. The maximum Gasteiger partial charge on any atom is 0.224 e. The largest absolute Gasteiger partial charge is 0.353 e. The van der Waals surface area contributed by atoms with Gasteiger partial charge in [0.15, 0.2) is 0 Å². The molecule has 2 aromatic carbocycles. The van der Waals surface area contributed by atoms with Gasteiger partial charge >= 0.3 is 0 Å². The average molecular weight is 361 g/mol. The number of aromatic nitrogens is 1. The number of hydrogen-bond donors (Lipinski definition) is 1. The van der Waals surface area contributed by atoms with Crippen molar-refractivity contribution in [1.82, 2.24) is 14.8 Å². The molecule has 2 heterocycles. The first-order valence-electron chi connectivity index (χ1n) is 9.77. The van der Waals surface area contributed by atoms with E-state index in [4.69, 9.17) is 0 Å². The monoisotopic (exact) mass is 361 g/mol. The molecule has 0 aliphatic carbocycles. The lowest BCUT2D eigenvalue weighted by atomic mass is 10.0. The molecule has 0 bridgehead atoms. The van der Waals surface area contributed by atoms with Crippen LogP contribution in [0.15, 0.2) is 60.8 Å². The Morgan fingerprint density at radius 2 is 1.74 bits per heavy atom. The molecule has 1 fully saturated rings. The predicted molar refractivity (Wildman–Crippen MR) is 110 cm³/mol. The molecule has 1 aromatic heterocycles. The molecule has 140 valence electrons. The number of aryl methyl sites for hydroxylation is 1. The first kappa shape index (κ1) is 17.8. The van der Waals surface area contributed by atoms with Crippen LogP contribution < -0.4 is 5.32 Å². The fourth-order valence-electron chi connectivity index (χ4n) is 4.10. The minimum atomic E-state index is 0.132. The lowest BCUT2D eigenvalue weighted by Crippen LogP contribution is -2.44. The van der Waals surface area contributed by atoms with Gasteiger partial charge < -0.3 is 9.88 Å². The van der Waals surface area contributed by atoms with Crippen LogP contribution in [0, 0.1) is 0 Å². The molecule has 1 aliphatic heterocycles. The number of hydrogen-bond acceptors (Lipinski definition) is 2. The van der Waals surface area contributed by atoms with Gasteiger partial charge in [-0.05, 0) is 30.0 Å². The first-order chi connectivity index (χ1) is 13.2. The van der Waals surface area contributed by atoms with Crippen LogP contribution in [0.3, 0.4) is 0 Å². The Hall–Kier alpha value is -2.59. The number of piperidine rings is 1. The molecule has 4 rings (SSSR count). The summed E-state index contributed by atoms with van der Waals surface area (Å²) in [6.07, 6.45) is 4.57. The van der Waals surface area contributed by atoms with Gasteiger partial charge in [-0.1, -0.05) is 48.5 Å². The summed E-state index contributed by atoms with van der Waals surface area (Å²) < 4.78 is 2.10. The Morgan fingerprint density at radius 3 is 2.52 bits per heavy atom. The molecule has 4 nitrogen and oxygen atoms in total. The van der Waals surface area contributed by atoms with E-state index < -0.39 is 0 Å². The van der Waals surface area contributed by atoms with E-state index in [1.165, 1.54) is 16.5 Å². The minimum Gasteiger partial charge on any atom is -0.353 e. The van der Waals surface area contributed by atoms with E-state index in [0.717, 1.165) is 38.0 Å². The summed E-state index contributed by atoms with van der Waals surface area (Å²) in [6, 6.07) is 19.2. The number of rotatable bonds is 5. The highest BCUT2D eigenvalue weighted by molar-refractivity contribution is 5.89. The van der Waals surface area contributed by atoms with Crippen LogP contribution in [0.4, 0.5) is 0 Å². The van der Waals surface area contributed by atoms with Crippen molar-refractivity contribution in [2.45, 2.75) is 31.8 Å². The van der Waals surface area contributed by atoms with Gasteiger partial charge in [-0.25, -0.2) is 0 Å². The summed E-state index contributed by atoms with van der Waals surface area (Å²) in [5.41, 5.74) is 3.64. The summed E-state index contributed by atoms with van der Waals surface area (Å²) >= 11 is 0. The van der Waals surface area contributed by atoms with Gasteiger partial charge in [-0.15, -0.1) is 0 Å². The summed E-state index contributed by atoms with van der Waals surface area (Å²) in [5.74, 6) is 0.132. The van der Waals surface area contributed by atoms with E-state index in [-0.39, 0.29) is 5.91 Å². The minimum absolute atomic E-state index is 0.132. The number of fused-ring (bicyclic) bond motifs is 1. The molecule has 0 atom stereocenters. The highest BCUT2D eigenvalue weighted by Crippen LogP contribution is 2.21. The van der Waals surface area contributed by atoms with Crippen LogP contribution in [0.2, 0.25) is 0 Å². The molecule has 0 radical (unpaired) electrons. The number of benzene rings is 2. The van der Waals surface area contributed by atoms with Gasteiger partial charge in [-0.3, -0.25) is 9.69 Å². The third-order valence-corrected chi connectivity index (χ3v) is 5.53. The second-order valence-electron chi connectivity index (χ2n) is 7.56. The van der Waals surface area contributed by atoms with Crippen molar-refractivity contribution in [1.29, 1.82) is 0 Å². The number of para-hydroxylation sites is 1. The number of carbonyl (C=O) groups excluding carboxylic acids is 1. The number of likely N-dealkylation sites (tertiary alicyclic amines) is 1. The van der Waals surface area contributed by atoms with Crippen molar-refractivity contribution in [3.63, 3.8) is 0 Å². The van der Waals surface area contributed by atoms with E-state index in [2.05, 4.69) is 63.4 Å². The molecular formula is C23H27N3O. The molecule has 1 N–H and O–H groups in total. The summed E-state index contributed by atoms with van der Waals surface area (Å²) in [6.45, 7) is 3.07. The van der Waals surface area contributed by atoms with Crippen LogP contribution in [-0.4, -0.2) is 34.5 Å². The van der Waals surface area contributed by atoms with E-state index in [9.17, 15) is 4.79 Å². The molecule has 1 aliphatic rings. The lowest BCUT2D eigenvalue weighted by molar-refractivity contribution is -0.121. The van der Waals surface area contributed by atoms with Crippen LogP contribution in [0.1, 0.15) is 24.0 Å². The zero-order chi connectivity index (χ0) is 18.6. The molecule has 0 spiro atoms. The number of nitrogens with zero attached hydrogens (tertiary/aromatic N) is 2. The fourth-order valence-corrected chi connectivity index (χ4v) is 4.10. The van der Waals surface area contributed by atoms with Crippen molar-refractivity contribution in [2.24, 2.45) is 7.05 Å². The SMILES string of the molecule is Cn1cc(CC(=O)NC2CCN(Cc3ccccc3)CC2)c2ccccc21. The van der Waals surface area contributed by atoms with E-state index in [1.54, 1.807) is 0 Å². The van der Waals surface area contributed by atoms with Gasteiger partial charge in [0.25, 0.3) is 0 Å². The second-order valence-corrected chi connectivity index (χ2v) is 7.56. The third-order valence-electron chi connectivity index (χ3n) is 5.53. The van der Waals surface area contributed by atoms with Crippen LogP contribution in [-0.2, 0) is 24.8 Å². The van der Waals surface area contributed by atoms with Gasteiger partial charge in [0, 0.05) is 49.8 Å². The summed E-state index contributed by atoms with van der Waals surface area (Å²) in [7, 11) is 2.03. The molecule has 0 saturated carbocycles. The van der Waals surface area contributed by atoms with E-state index in [0.29, 0.717) is 12.5 Å². The maximum absolute atomic E-state index is 12.6. The number of amides is 1. The predicted octanol–water partition coefficient (Wildman–Crippen LogP) is 3.50. The average Bonchev–Trinajstić information content (AvgIpc) is 3.00. The Labute approximate surface area is 160 Å². The molecule has 0 unspecified atom stereocenters. The van der Waals surface area contributed by atoms with Crippen molar-refractivity contribution in [3.05, 3.63) is 71.9 Å². The van der Waals surface area contributed by atoms with Crippen LogP contribution in [0.5, 0.6) is 0 Å². The molecule has 1 saturated heterocycles. The molecule has 27 heavy (non-hydrogen) atoms. The Bertz CT molecular complexity index is 908. The summed E-state index contributed by atoms with van der Waals surface area (Å²) in [5, 5.41) is 4.42. The van der Waals surface area contributed by atoms with Gasteiger partial charge in [0.05, 0.1) is 6.42 Å². The summed E-state index contributed by atoms with van der Waals surface area (Å²) in [4.78, 5) is 15.0. The highest BCUT2D eigenvalue weighted by atomic mass is 16.1. The van der Waals surface area contributed by atoms with Gasteiger partial charge in [0.1, 0.15) is 0 Å². The van der Waals surface area contributed by atoms with E-state index in [1.807, 2.05) is 19.2 Å². The van der Waals surface area contributed by atoms with Crippen molar-refractivity contribution >= 4 is 16.8 Å². The molecular weight excluding hydrogens is 334 g/mol. The quantitative estimate of drug-likeness (QED) is 0.755. The standard InChI is InChI=1S/C23H27N3O/c1-25-17-19(21-9-5-6-10-22(21)25)15-23(27)24-20-11-13-26(14-12-20)16-18-7-3-2-4-8-18/h2-10,17,20H,11-16H2,1H3,(H,24,27). The van der Waals surface area contributed by atoms with Crippen molar-refractivity contribution in [3.8, 4) is 0 Å². The van der Waals surface area contributed by atoms with Crippen LogP contribution >= 0.6 is 0 Å². The zero-order valence-electron chi connectivity index (χ0n) is 15.9. The number of carbonyl (C=O) groups is 1. The zero-order valence-corrected chi connectivity index (χ0v) is 15.9. The lowest BCUT2D eigenvalue weighted by Gasteiger charge is -2.32. The highest BCUT2D eigenvalue weighted by Gasteiger charge is 2.21.